The van der Waals surface area contributed by atoms with E-state index in [1.807, 2.05) is 52.9 Å². The van der Waals surface area contributed by atoms with Gasteiger partial charge < -0.3 is 20.1 Å². The first-order chi connectivity index (χ1) is 19.6. The van der Waals surface area contributed by atoms with Gasteiger partial charge in [-0.05, 0) is 31.4 Å². The lowest BCUT2D eigenvalue weighted by atomic mass is 10.1. The number of nitrogens with one attached hydrogen (secondary N) is 3. The molecule has 2 aromatic carbocycles. The van der Waals surface area contributed by atoms with Crippen LogP contribution in [0.5, 0.6) is 11.5 Å². The van der Waals surface area contributed by atoms with E-state index in [4.69, 9.17) is 9.47 Å². The Balaban J connectivity index is 1.11. The highest BCUT2D eigenvalue weighted by Gasteiger charge is 2.35. The molecule has 3 N–H and O–H groups in total. The van der Waals surface area contributed by atoms with Crippen molar-refractivity contribution >= 4 is 39.5 Å². The lowest BCUT2D eigenvalue weighted by Gasteiger charge is -2.20. The fraction of sp³-hybridized carbons (Fsp3) is 0.321. The van der Waals surface area contributed by atoms with Gasteiger partial charge in [-0.1, -0.05) is 54.3 Å². The number of hydrogen-bond donors (Lipinski definition) is 3. The Morgan fingerprint density at radius 1 is 1.05 bits per heavy atom. The SMILES string of the molecule is C=C=C(Cc1ccccc1OC)Nc1nnc(C2CC[C@H](N3NN=C(NC(=O)Cc4ccccc4OC)S3)C2)s1. The lowest BCUT2D eigenvalue weighted by molar-refractivity contribution is -0.119. The van der Waals surface area contributed by atoms with Gasteiger partial charge in [0, 0.05) is 41.5 Å². The number of aromatic nitrogens is 2. The molecule has 1 aliphatic carbocycles. The number of methoxy groups -OCH3 is 2. The van der Waals surface area contributed by atoms with Gasteiger partial charge in [-0.3, -0.25) is 4.79 Å². The molecule has 2 aliphatic rings. The van der Waals surface area contributed by atoms with E-state index in [0.717, 1.165) is 52.0 Å². The van der Waals surface area contributed by atoms with Crippen molar-refractivity contribution in [3.63, 3.8) is 0 Å². The average Bonchev–Trinajstić information content (AvgIpc) is 3.74. The van der Waals surface area contributed by atoms with Crippen molar-refractivity contribution < 1.29 is 14.3 Å². The number of benzene rings is 2. The number of hydrazine groups is 1. The molecule has 3 aromatic rings. The first-order valence-corrected chi connectivity index (χ1v) is 14.5. The van der Waals surface area contributed by atoms with Crippen LogP contribution in [0.4, 0.5) is 5.13 Å². The summed E-state index contributed by atoms with van der Waals surface area (Å²) in [6.07, 6.45) is 3.71. The number of carbonyl (C=O) groups excluding carboxylic acids is 1. The van der Waals surface area contributed by atoms with Crippen LogP contribution >= 0.6 is 23.3 Å². The van der Waals surface area contributed by atoms with Gasteiger partial charge in [0.15, 0.2) is 0 Å². The number of hydrogen-bond acceptors (Lipinski definition) is 11. The second-order valence-corrected chi connectivity index (χ2v) is 11.3. The number of anilines is 1. The lowest BCUT2D eigenvalue weighted by Crippen LogP contribution is -2.34. The minimum atomic E-state index is -0.142. The maximum absolute atomic E-state index is 12.6. The van der Waals surface area contributed by atoms with Crippen molar-refractivity contribution in [2.75, 3.05) is 19.5 Å². The third-order valence-corrected chi connectivity index (χ3v) is 8.73. The number of nitrogens with zero attached hydrogens (tertiary/aromatic N) is 4. The van der Waals surface area contributed by atoms with Crippen LogP contribution < -0.4 is 25.6 Å². The van der Waals surface area contributed by atoms with Gasteiger partial charge in [0.25, 0.3) is 0 Å². The number of carbonyl (C=O) groups is 1. The molecular formula is C28H31N7O3S2. The van der Waals surface area contributed by atoms with E-state index >= 15 is 0 Å². The molecule has 1 fully saturated rings. The number of para-hydroxylation sites is 2. The molecule has 1 aromatic heterocycles. The molecule has 12 heteroatoms. The van der Waals surface area contributed by atoms with Gasteiger partial charge in [-0.25, -0.2) is 5.53 Å². The van der Waals surface area contributed by atoms with E-state index in [9.17, 15) is 4.79 Å². The molecule has 1 saturated carbocycles. The predicted molar refractivity (Wildman–Crippen MR) is 158 cm³/mol. The van der Waals surface area contributed by atoms with Gasteiger partial charge in [-0.15, -0.1) is 25.4 Å². The monoisotopic (exact) mass is 577 g/mol. The molecule has 208 valence electrons. The van der Waals surface area contributed by atoms with Crippen molar-refractivity contribution in [1.82, 2.24) is 25.5 Å². The minimum Gasteiger partial charge on any atom is -0.496 e. The molecule has 0 bridgehead atoms. The van der Waals surface area contributed by atoms with E-state index in [1.54, 1.807) is 25.6 Å². The Labute approximate surface area is 241 Å². The van der Waals surface area contributed by atoms with Gasteiger partial charge >= 0.3 is 0 Å². The molecule has 0 saturated heterocycles. The van der Waals surface area contributed by atoms with Crippen molar-refractivity contribution in [2.24, 2.45) is 5.10 Å². The number of allylic oxidation sites excluding steroid dienone is 1. The maximum atomic E-state index is 12.6. The molecule has 1 amide bonds. The van der Waals surface area contributed by atoms with E-state index < -0.39 is 0 Å². The van der Waals surface area contributed by atoms with Crippen molar-refractivity contribution in [2.45, 2.75) is 44.1 Å². The number of amides is 1. The summed E-state index contributed by atoms with van der Waals surface area (Å²) in [6.45, 7) is 3.83. The molecule has 1 aliphatic heterocycles. The van der Waals surface area contributed by atoms with Crippen LogP contribution in [0.15, 0.2) is 71.6 Å². The summed E-state index contributed by atoms with van der Waals surface area (Å²) >= 11 is 2.97. The molecule has 40 heavy (non-hydrogen) atoms. The standard InChI is InChI=1S/C28H31N7O3S2/c1-4-21(15-18-9-5-7-11-23(18)37-2)29-27-32-31-26(39-27)20-13-14-22(16-20)35-34-33-28(40-35)30-25(36)17-19-10-6-8-12-24(19)38-3/h5-12,20,22,34H,1,13-17H2,2-3H3,(H,29,32)(H,30,33,36)/t20?,22-/m0/s1. The van der Waals surface area contributed by atoms with E-state index in [1.165, 1.54) is 11.9 Å². The molecule has 10 nitrogen and oxygen atoms in total. The highest BCUT2D eigenvalue weighted by atomic mass is 32.2. The Morgan fingerprint density at radius 2 is 1.75 bits per heavy atom. The average molecular weight is 578 g/mol. The summed E-state index contributed by atoms with van der Waals surface area (Å²) in [7, 11) is 3.26. The first kappa shape index (κ1) is 27.7. The fourth-order valence-electron chi connectivity index (χ4n) is 4.79. The molecule has 0 radical (unpaired) electrons. The summed E-state index contributed by atoms with van der Waals surface area (Å²) in [4.78, 5) is 12.6. The topological polar surface area (TPSA) is 113 Å². The van der Waals surface area contributed by atoms with Gasteiger partial charge in [-0.2, -0.15) is 0 Å². The minimum absolute atomic E-state index is 0.142. The Hall–Kier alpha value is -3.83. The van der Waals surface area contributed by atoms with Crippen LogP contribution in [-0.4, -0.2) is 45.9 Å². The zero-order valence-corrected chi connectivity index (χ0v) is 24.0. The van der Waals surface area contributed by atoms with E-state index in [0.29, 0.717) is 23.3 Å². The number of amidine groups is 1. The van der Waals surface area contributed by atoms with Gasteiger partial charge in [0.1, 0.15) is 16.5 Å². The zero-order chi connectivity index (χ0) is 27.9. The van der Waals surface area contributed by atoms with Gasteiger partial charge in [0.2, 0.25) is 16.2 Å². The maximum Gasteiger partial charge on any atom is 0.230 e. The first-order valence-electron chi connectivity index (χ1n) is 12.9. The van der Waals surface area contributed by atoms with E-state index in [-0.39, 0.29) is 18.4 Å². The fourth-order valence-corrected chi connectivity index (χ4v) is 6.55. The third-order valence-electron chi connectivity index (χ3n) is 6.78. The van der Waals surface area contributed by atoms with Crippen molar-refractivity contribution in [3.8, 4) is 11.5 Å². The highest BCUT2D eigenvalue weighted by Crippen LogP contribution is 2.41. The summed E-state index contributed by atoms with van der Waals surface area (Å²) in [5.41, 5.74) is 8.72. The molecule has 1 unspecified atom stereocenters. The highest BCUT2D eigenvalue weighted by molar-refractivity contribution is 8.12. The summed E-state index contributed by atoms with van der Waals surface area (Å²) < 4.78 is 12.8. The number of ether oxygens (including phenoxy) is 2. The summed E-state index contributed by atoms with van der Waals surface area (Å²) in [5.74, 6) is 1.67. The Kier molecular flexibility index (Phi) is 9.02. The Morgan fingerprint density at radius 3 is 2.45 bits per heavy atom. The molecule has 2 atom stereocenters. The number of hydrazone groups is 1. The zero-order valence-electron chi connectivity index (χ0n) is 22.3. The Bertz CT molecular complexity index is 1440. The second kappa shape index (κ2) is 13.0. The van der Waals surface area contributed by atoms with E-state index in [2.05, 4.69) is 43.8 Å². The normalized spacial score (nSPS) is 18.4. The molecule has 5 rings (SSSR count). The van der Waals surface area contributed by atoms with Crippen LogP contribution in [0.3, 0.4) is 0 Å². The molecular weight excluding hydrogens is 546 g/mol. The van der Waals surface area contributed by atoms with Crippen molar-refractivity contribution in [3.05, 3.63) is 82.7 Å². The second-order valence-electron chi connectivity index (χ2n) is 9.35. The van der Waals surface area contributed by atoms with Crippen LogP contribution in [-0.2, 0) is 17.6 Å². The van der Waals surface area contributed by atoms with Gasteiger partial charge in [0.05, 0.1) is 26.3 Å². The largest absolute Gasteiger partial charge is 0.496 e. The van der Waals surface area contributed by atoms with Crippen LogP contribution in [0.25, 0.3) is 0 Å². The molecule has 2 heterocycles. The quantitative estimate of drug-likeness (QED) is 0.235. The smallest absolute Gasteiger partial charge is 0.230 e. The van der Waals surface area contributed by atoms with Crippen LogP contribution in [0, 0.1) is 0 Å². The summed E-state index contributed by atoms with van der Waals surface area (Å²) in [5, 5.41) is 21.6. The summed E-state index contributed by atoms with van der Waals surface area (Å²) in [6, 6.07) is 15.6. The van der Waals surface area contributed by atoms with Crippen LogP contribution in [0.1, 0.15) is 41.3 Å². The third kappa shape index (κ3) is 6.65. The van der Waals surface area contributed by atoms with Crippen LogP contribution in [0.2, 0.25) is 0 Å². The molecule has 0 spiro atoms. The van der Waals surface area contributed by atoms with Crippen molar-refractivity contribution in [1.29, 1.82) is 0 Å². The predicted octanol–water partition coefficient (Wildman–Crippen LogP) is 4.61. The number of rotatable bonds is 10.